The molecule has 0 amide bonds. The highest BCUT2D eigenvalue weighted by atomic mass is 16.8. The van der Waals surface area contributed by atoms with Gasteiger partial charge in [-0.05, 0) is 26.2 Å². The molecule has 2 fully saturated rings. The maximum Gasteiger partial charge on any atom is 0.186 e. The van der Waals surface area contributed by atoms with Gasteiger partial charge >= 0.3 is 0 Å². The summed E-state index contributed by atoms with van der Waals surface area (Å²) < 4.78 is 16.7. The van der Waals surface area contributed by atoms with Gasteiger partial charge in [-0.1, -0.05) is 18.2 Å². The topological polar surface area (TPSA) is 31.0 Å². The van der Waals surface area contributed by atoms with Crippen LogP contribution in [0.5, 0.6) is 0 Å². The standard InChI is InChI=1S/C13H20O3/c1-3-5-6-7-8-9-10-11-12(16-11)13(15-10)14-4-2/h3,6-7,10-13H,1,4-5,8-9H2,2H3/b7-6+/t10-,11-,12-,13?/m1/s1. The average molecular weight is 224 g/mol. The second-order valence-corrected chi connectivity index (χ2v) is 4.14. The van der Waals surface area contributed by atoms with Crippen molar-refractivity contribution in [2.45, 2.75) is 50.8 Å². The number of fused-ring (bicyclic) bond motifs is 1. The third-order valence-corrected chi connectivity index (χ3v) is 2.92. The van der Waals surface area contributed by atoms with E-state index in [4.69, 9.17) is 14.2 Å². The molecule has 90 valence electrons. The van der Waals surface area contributed by atoms with Crippen LogP contribution in [0.25, 0.3) is 0 Å². The molecule has 0 spiro atoms. The molecule has 0 saturated carbocycles. The molecule has 16 heavy (non-hydrogen) atoms. The van der Waals surface area contributed by atoms with Crippen molar-refractivity contribution < 1.29 is 14.2 Å². The van der Waals surface area contributed by atoms with Crippen LogP contribution in [0.3, 0.4) is 0 Å². The van der Waals surface area contributed by atoms with E-state index in [1.807, 2.05) is 13.0 Å². The number of ether oxygens (including phenoxy) is 3. The zero-order valence-corrected chi connectivity index (χ0v) is 9.80. The lowest BCUT2D eigenvalue weighted by atomic mass is 10.1. The fourth-order valence-electron chi connectivity index (χ4n) is 2.08. The summed E-state index contributed by atoms with van der Waals surface area (Å²) in [5, 5.41) is 0. The number of hydrogen-bond donors (Lipinski definition) is 0. The lowest BCUT2D eigenvalue weighted by Gasteiger charge is -2.16. The van der Waals surface area contributed by atoms with Gasteiger partial charge in [-0.3, -0.25) is 0 Å². The van der Waals surface area contributed by atoms with Gasteiger partial charge in [0.15, 0.2) is 6.29 Å². The molecule has 1 unspecified atom stereocenters. The Morgan fingerprint density at radius 2 is 2.12 bits per heavy atom. The van der Waals surface area contributed by atoms with Crippen LogP contribution in [0.2, 0.25) is 0 Å². The van der Waals surface area contributed by atoms with Crippen LogP contribution >= 0.6 is 0 Å². The Kier molecular flexibility index (Phi) is 4.16. The van der Waals surface area contributed by atoms with Crippen molar-refractivity contribution in [2.24, 2.45) is 0 Å². The monoisotopic (exact) mass is 224 g/mol. The van der Waals surface area contributed by atoms with E-state index in [1.54, 1.807) is 0 Å². The van der Waals surface area contributed by atoms with Gasteiger partial charge in [-0.15, -0.1) is 6.58 Å². The molecule has 2 saturated heterocycles. The molecule has 3 heteroatoms. The summed E-state index contributed by atoms with van der Waals surface area (Å²) in [5.41, 5.74) is 0. The van der Waals surface area contributed by atoms with E-state index >= 15 is 0 Å². The summed E-state index contributed by atoms with van der Waals surface area (Å²) in [6.07, 6.45) is 9.76. The van der Waals surface area contributed by atoms with E-state index in [1.165, 1.54) is 0 Å². The lowest BCUT2D eigenvalue weighted by molar-refractivity contribution is -0.171. The number of rotatable bonds is 7. The van der Waals surface area contributed by atoms with E-state index in [-0.39, 0.29) is 24.6 Å². The van der Waals surface area contributed by atoms with Crippen molar-refractivity contribution in [3.63, 3.8) is 0 Å². The minimum Gasteiger partial charge on any atom is -0.361 e. The molecule has 3 nitrogen and oxygen atoms in total. The van der Waals surface area contributed by atoms with Crippen LogP contribution in [-0.4, -0.2) is 31.2 Å². The second-order valence-electron chi connectivity index (χ2n) is 4.14. The van der Waals surface area contributed by atoms with Gasteiger partial charge in [0.1, 0.15) is 12.2 Å². The van der Waals surface area contributed by atoms with Crippen molar-refractivity contribution in [2.75, 3.05) is 6.61 Å². The number of allylic oxidation sites excluding steroid dienone is 3. The molecule has 2 aliphatic heterocycles. The summed E-state index contributed by atoms with van der Waals surface area (Å²) in [5.74, 6) is 0. The third-order valence-electron chi connectivity index (χ3n) is 2.92. The van der Waals surface area contributed by atoms with Crippen molar-refractivity contribution in [3.8, 4) is 0 Å². The van der Waals surface area contributed by atoms with Gasteiger partial charge < -0.3 is 14.2 Å². The molecule has 0 aromatic carbocycles. The predicted molar refractivity (Wildman–Crippen MR) is 62.1 cm³/mol. The predicted octanol–water partition coefficient (Wildman–Crippen LogP) is 2.43. The fourth-order valence-corrected chi connectivity index (χ4v) is 2.08. The maximum absolute atomic E-state index is 5.77. The van der Waals surface area contributed by atoms with Crippen LogP contribution in [-0.2, 0) is 14.2 Å². The molecule has 0 radical (unpaired) electrons. The smallest absolute Gasteiger partial charge is 0.186 e. The normalized spacial score (nSPS) is 36.6. The average Bonchev–Trinajstić information content (AvgIpc) is 3.00. The lowest BCUT2D eigenvalue weighted by Crippen LogP contribution is -2.22. The highest BCUT2D eigenvalue weighted by Gasteiger charge is 2.58. The molecule has 2 aliphatic rings. The van der Waals surface area contributed by atoms with Crippen LogP contribution in [0.15, 0.2) is 24.8 Å². The van der Waals surface area contributed by atoms with Crippen LogP contribution < -0.4 is 0 Å². The Balaban J connectivity index is 1.66. The molecule has 0 bridgehead atoms. The Labute approximate surface area is 97.1 Å². The zero-order chi connectivity index (χ0) is 11.4. The first-order chi connectivity index (χ1) is 7.86. The minimum atomic E-state index is -0.128. The first-order valence-corrected chi connectivity index (χ1v) is 6.05. The molecule has 0 aromatic heterocycles. The number of hydrogen-bond acceptors (Lipinski definition) is 3. The molecular weight excluding hydrogens is 204 g/mol. The summed E-state index contributed by atoms with van der Waals surface area (Å²) >= 11 is 0. The quantitative estimate of drug-likeness (QED) is 0.491. The third kappa shape index (κ3) is 2.73. The molecule has 0 aliphatic carbocycles. The van der Waals surface area contributed by atoms with Crippen molar-refractivity contribution in [3.05, 3.63) is 24.8 Å². The highest BCUT2D eigenvalue weighted by molar-refractivity contribution is 5.01. The summed E-state index contributed by atoms with van der Waals surface area (Å²) in [6, 6.07) is 0. The van der Waals surface area contributed by atoms with E-state index in [9.17, 15) is 0 Å². The molecule has 0 N–H and O–H groups in total. The minimum absolute atomic E-state index is 0.128. The van der Waals surface area contributed by atoms with Gasteiger partial charge in [-0.2, -0.15) is 0 Å². The first-order valence-electron chi connectivity index (χ1n) is 6.05. The Morgan fingerprint density at radius 3 is 2.88 bits per heavy atom. The molecule has 2 heterocycles. The van der Waals surface area contributed by atoms with Crippen molar-refractivity contribution in [1.82, 2.24) is 0 Å². The van der Waals surface area contributed by atoms with Crippen LogP contribution in [0.1, 0.15) is 26.2 Å². The first kappa shape index (κ1) is 11.8. The summed E-state index contributed by atoms with van der Waals surface area (Å²) in [6.45, 7) is 6.33. The Bertz CT molecular complexity index is 262. The van der Waals surface area contributed by atoms with E-state index in [0.29, 0.717) is 6.61 Å². The van der Waals surface area contributed by atoms with E-state index < -0.39 is 0 Å². The van der Waals surface area contributed by atoms with Crippen molar-refractivity contribution >= 4 is 0 Å². The Morgan fingerprint density at radius 1 is 1.25 bits per heavy atom. The van der Waals surface area contributed by atoms with Gasteiger partial charge in [0.25, 0.3) is 0 Å². The van der Waals surface area contributed by atoms with Gasteiger partial charge in [0.05, 0.1) is 6.10 Å². The SMILES string of the molecule is C=CC/C=C/CC[C@H]1OC(OCC)[C@@H]2O[C@H]12. The Hall–Kier alpha value is -0.640. The van der Waals surface area contributed by atoms with Gasteiger partial charge in [0.2, 0.25) is 0 Å². The van der Waals surface area contributed by atoms with E-state index in [2.05, 4.69) is 18.7 Å². The summed E-state index contributed by atoms with van der Waals surface area (Å²) in [4.78, 5) is 0. The van der Waals surface area contributed by atoms with Gasteiger partial charge in [0, 0.05) is 6.61 Å². The maximum atomic E-state index is 5.77. The van der Waals surface area contributed by atoms with Crippen LogP contribution in [0.4, 0.5) is 0 Å². The zero-order valence-electron chi connectivity index (χ0n) is 9.80. The molecule has 2 rings (SSSR count). The second kappa shape index (κ2) is 5.62. The van der Waals surface area contributed by atoms with Crippen molar-refractivity contribution in [1.29, 1.82) is 0 Å². The van der Waals surface area contributed by atoms with Gasteiger partial charge in [-0.25, -0.2) is 0 Å². The molecular formula is C13H20O3. The largest absolute Gasteiger partial charge is 0.361 e. The van der Waals surface area contributed by atoms with E-state index in [0.717, 1.165) is 19.3 Å². The molecule has 4 atom stereocenters. The summed E-state index contributed by atoms with van der Waals surface area (Å²) in [7, 11) is 0. The fraction of sp³-hybridized carbons (Fsp3) is 0.692. The number of epoxide rings is 1. The van der Waals surface area contributed by atoms with Crippen LogP contribution in [0, 0.1) is 0 Å². The molecule has 0 aromatic rings. The highest BCUT2D eigenvalue weighted by Crippen LogP contribution is 2.41.